The van der Waals surface area contributed by atoms with Crippen molar-refractivity contribution >= 4 is 17.8 Å². The Morgan fingerprint density at radius 2 is 1.88 bits per heavy atom. The number of carbonyl (C=O) groups is 3. The zero-order chi connectivity index (χ0) is 13.0. The molecular weight excluding hydrogens is 226 g/mol. The van der Waals surface area contributed by atoms with Crippen LogP contribution in [0.25, 0.3) is 0 Å². The number of nitrogens with zero attached hydrogens (tertiary/aromatic N) is 1. The van der Waals surface area contributed by atoms with Crippen LogP contribution in [-0.2, 0) is 19.1 Å². The summed E-state index contributed by atoms with van der Waals surface area (Å²) in [5, 5.41) is 0. The zero-order valence-electron chi connectivity index (χ0n) is 10.3. The summed E-state index contributed by atoms with van der Waals surface area (Å²) < 4.78 is 9.67. The molecule has 0 aliphatic carbocycles. The second-order valence-electron chi connectivity index (χ2n) is 3.72. The van der Waals surface area contributed by atoms with Crippen LogP contribution in [0.15, 0.2) is 0 Å². The number of carbonyl (C=O) groups excluding carboxylic acids is 3. The molecule has 1 heterocycles. The Hall–Kier alpha value is -1.59. The second kappa shape index (κ2) is 5.65. The first-order chi connectivity index (χ1) is 8.02. The largest absolute Gasteiger partial charge is 0.464 e. The minimum absolute atomic E-state index is 0.00118. The number of ketones is 1. The van der Waals surface area contributed by atoms with Gasteiger partial charge in [0, 0.05) is 6.42 Å². The molecule has 17 heavy (non-hydrogen) atoms. The molecule has 1 aliphatic rings. The van der Waals surface area contributed by atoms with E-state index in [-0.39, 0.29) is 25.4 Å². The maximum atomic E-state index is 11.7. The van der Waals surface area contributed by atoms with E-state index in [4.69, 9.17) is 9.47 Å². The average molecular weight is 243 g/mol. The maximum absolute atomic E-state index is 11.7. The smallest absolute Gasteiger partial charge is 0.411 e. The molecule has 1 saturated heterocycles. The highest BCUT2D eigenvalue weighted by molar-refractivity contribution is 5.97. The number of esters is 1. The lowest BCUT2D eigenvalue weighted by molar-refractivity contribution is -0.148. The lowest BCUT2D eigenvalue weighted by Crippen LogP contribution is -2.45. The molecule has 1 fully saturated rings. The fourth-order valence-corrected chi connectivity index (χ4v) is 1.80. The number of hydrogen-bond acceptors (Lipinski definition) is 5. The van der Waals surface area contributed by atoms with Crippen LogP contribution >= 0.6 is 0 Å². The first-order valence-electron chi connectivity index (χ1n) is 5.67. The molecule has 1 rings (SSSR count). The zero-order valence-corrected chi connectivity index (χ0v) is 10.3. The highest BCUT2D eigenvalue weighted by Crippen LogP contribution is 2.23. The van der Waals surface area contributed by atoms with Crippen LogP contribution in [0.5, 0.6) is 0 Å². The van der Waals surface area contributed by atoms with Crippen molar-refractivity contribution in [1.82, 2.24) is 4.90 Å². The van der Waals surface area contributed by atoms with Crippen LogP contribution in [0.3, 0.4) is 0 Å². The first-order valence-corrected chi connectivity index (χ1v) is 5.67. The lowest BCUT2D eigenvalue weighted by atomic mass is 10.2. The Balaban J connectivity index is 2.84. The van der Waals surface area contributed by atoms with E-state index < -0.39 is 24.1 Å². The van der Waals surface area contributed by atoms with Crippen LogP contribution in [-0.4, -0.2) is 48.0 Å². The van der Waals surface area contributed by atoms with Gasteiger partial charge in [0.2, 0.25) is 0 Å². The molecule has 1 amide bonds. The van der Waals surface area contributed by atoms with Gasteiger partial charge in [-0.05, 0) is 20.8 Å². The van der Waals surface area contributed by atoms with Crippen molar-refractivity contribution in [2.45, 2.75) is 39.3 Å². The van der Waals surface area contributed by atoms with E-state index in [0.29, 0.717) is 0 Å². The summed E-state index contributed by atoms with van der Waals surface area (Å²) in [7, 11) is 0. The lowest BCUT2D eigenvalue weighted by Gasteiger charge is -2.24. The molecule has 1 aliphatic heterocycles. The quantitative estimate of drug-likeness (QED) is 0.683. The number of hydrogen-bond donors (Lipinski definition) is 0. The number of rotatable bonds is 3. The summed E-state index contributed by atoms with van der Waals surface area (Å²) in [6.07, 6.45) is -0.650. The van der Waals surface area contributed by atoms with E-state index in [1.165, 1.54) is 0 Å². The normalized spacial score (nSPS) is 23.7. The highest BCUT2D eigenvalue weighted by Gasteiger charge is 2.45. The number of amides is 1. The predicted octanol–water partition coefficient (Wildman–Crippen LogP) is 0.738. The Kier molecular flexibility index (Phi) is 4.48. The van der Waals surface area contributed by atoms with Gasteiger partial charge in [0.25, 0.3) is 0 Å². The van der Waals surface area contributed by atoms with E-state index in [9.17, 15) is 14.4 Å². The number of ether oxygens (including phenoxy) is 2. The molecule has 0 spiro atoms. The van der Waals surface area contributed by atoms with Gasteiger partial charge in [0.05, 0.1) is 19.3 Å². The summed E-state index contributed by atoms with van der Waals surface area (Å²) in [4.78, 5) is 36.0. The van der Waals surface area contributed by atoms with Gasteiger partial charge in [-0.1, -0.05) is 0 Å². The maximum Gasteiger partial charge on any atom is 0.411 e. The minimum atomic E-state index is -0.850. The number of likely N-dealkylation sites (tertiary alicyclic amines) is 1. The standard InChI is InChI=1S/C11H17NO5/c1-4-16-10(14)8-6-9(13)7(3)12(8)11(15)17-5-2/h7-8H,4-6H2,1-3H3/t7-,8-/m0/s1. The van der Waals surface area contributed by atoms with E-state index in [1.807, 2.05) is 0 Å². The molecule has 96 valence electrons. The van der Waals surface area contributed by atoms with Gasteiger partial charge >= 0.3 is 12.1 Å². The fraction of sp³-hybridized carbons (Fsp3) is 0.727. The molecule has 0 aromatic rings. The van der Waals surface area contributed by atoms with Crippen molar-refractivity contribution in [1.29, 1.82) is 0 Å². The molecule has 6 heteroatoms. The summed E-state index contributed by atoms with van der Waals surface area (Å²) >= 11 is 0. The van der Waals surface area contributed by atoms with Gasteiger partial charge in [0.1, 0.15) is 6.04 Å². The van der Waals surface area contributed by atoms with Gasteiger partial charge in [0.15, 0.2) is 5.78 Å². The van der Waals surface area contributed by atoms with Crippen molar-refractivity contribution in [3.8, 4) is 0 Å². The van der Waals surface area contributed by atoms with Gasteiger partial charge in [-0.3, -0.25) is 9.69 Å². The summed E-state index contributed by atoms with van der Waals surface area (Å²) in [6, 6.07) is -1.49. The van der Waals surface area contributed by atoms with Crippen LogP contribution in [0.1, 0.15) is 27.2 Å². The third kappa shape index (κ3) is 2.75. The van der Waals surface area contributed by atoms with Gasteiger partial charge in [-0.25, -0.2) is 9.59 Å². The Labute approximate surface area is 99.9 Å². The van der Waals surface area contributed by atoms with Gasteiger partial charge in [-0.2, -0.15) is 0 Å². The minimum Gasteiger partial charge on any atom is -0.464 e. The molecule has 0 aromatic carbocycles. The first kappa shape index (κ1) is 13.5. The van der Waals surface area contributed by atoms with Gasteiger partial charge in [-0.15, -0.1) is 0 Å². The van der Waals surface area contributed by atoms with Gasteiger partial charge < -0.3 is 9.47 Å². The average Bonchev–Trinajstić information content (AvgIpc) is 2.56. The van der Waals surface area contributed by atoms with Crippen LogP contribution in [0.2, 0.25) is 0 Å². The molecule has 0 saturated carbocycles. The molecule has 0 radical (unpaired) electrons. The molecule has 0 aromatic heterocycles. The summed E-state index contributed by atoms with van der Waals surface area (Å²) in [5.74, 6) is -0.714. The molecule has 0 unspecified atom stereocenters. The van der Waals surface area contributed by atoms with Crippen molar-refractivity contribution in [3.05, 3.63) is 0 Å². The van der Waals surface area contributed by atoms with Crippen molar-refractivity contribution in [3.63, 3.8) is 0 Å². The third-order valence-electron chi connectivity index (χ3n) is 2.65. The molecule has 0 bridgehead atoms. The molecule has 6 nitrogen and oxygen atoms in total. The Morgan fingerprint density at radius 1 is 1.29 bits per heavy atom. The Bertz CT molecular complexity index is 328. The summed E-state index contributed by atoms with van der Waals surface area (Å²) in [5.41, 5.74) is 0. The van der Waals surface area contributed by atoms with E-state index in [2.05, 4.69) is 0 Å². The van der Waals surface area contributed by atoms with E-state index >= 15 is 0 Å². The predicted molar refractivity (Wildman–Crippen MR) is 58.4 cm³/mol. The van der Waals surface area contributed by atoms with Crippen molar-refractivity contribution < 1.29 is 23.9 Å². The topological polar surface area (TPSA) is 72.9 Å². The SMILES string of the molecule is CCOC(=O)[C@@H]1CC(=O)[C@H](C)N1C(=O)OCC. The molecule has 2 atom stereocenters. The van der Waals surface area contributed by atoms with E-state index in [1.54, 1.807) is 20.8 Å². The fourth-order valence-electron chi connectivity index (χ4n) is 1.80. The Morgan fingerprint density at radius 3 is 2.41 bits per heavy atom. The van der Waals surface area contributed by atoms with Crippen molar-refractivity contribution in [2.75, 3.05) is 13.2 Å². The van der Waals surface area contributed by atoms with Crippen LogP contribution in [0.4, 0.5) is 4.79 Å². The second-order valence-corrected chi connectivity index (χ2v) is 3.72. The monoisotopic (exact) mass is 243 g/mol. The van der Waals surface area contributed by atoms with Crippen LogP contribution < -0.4 is 0 Å². The number of Topliss-reactive ketones (excluding diaryl/α,β-unsaturated/α-hetero) is 1. The van der Waals surface area contributed by atoms with Crippen molar-refractivity contribution in [2.24, 2.45) is 0 Å². The highest BCUT2D eigenvalue weighted by atomic mass is 16.6. The molecular formula is C11H17NO5. The summed E-state index contributed by atoms with van der Waals surface area (Å²) in [6.45, 7) is 5.34. The molecule has 0 N–H and O–H groups in total. The third-order valence-corrected chi connectivity index (χ3v) is 2.65. The van der Waals surface area contributed by atoms with Crippen LogP contribution in [0, 0.1) is 0 Å². The van der Waals surface area contributed by atoms with E-state index in [0.717, 1.165) is 4.90 Å².